The predicted molar refractivity (Wildman–Crippen MR) is 69.7 cm³/mol. The van der Waals surface area contributed by atoms with Gasteiger partial charge >= 0.3 is 0 Å². The van der Waals surface area contributed by atoms with Crippen LogP contribution >= 0.6 is 0 Å². The van der Waals surface area contributed by atoms with Gasteiger partial charge in [0.15, 0.2) is 0 Å². The molecule has 1 saturated carbocycles. The Morgan fingerprint density at radius 3 is 2.89 bits per heavy atom. The third-order valence-corrected chi connectivity index (χ3v) is 3.45. The molecule has 4 heteroatoms. The van der Waals surface area contributed by atoms with E-state index in [0.29, 0.717) is 19.1 Å². The third kappa shape index (κ3) is 3.13. The Labute approximate surface area is 108 Å². The second-order valence-electron chi connectivity index (χ2n) is 5.00. The van der Waals surface area contributed by atoms with Crippen molar-refractivity contribution < 1.29 is 9.21 Å². The van der Waals surface area contributed by atoms with E-state index in [4.69, 9.17) is 10.2 Å². The summed E-state index contributed by atoms with van der Waals surface area (Å²) < 4.78 is 5.34. The fourth-order valence-corrected chi connectivity index (χ4v) is 2.27. The number of nitrogens with zero attached hydrogens (tertiary/aromatic N) is 1. The van der Waals surface area contributed by atoms with E-state index in [2.05, 4.69) is 6.92 Å². The zero-order chi connectivity index (χ0) is 13.0. The standard InChI is InChI=1S/C14H22N2O2/c1-2-4-11(9-15)14(17)16(12-6-7-12)10-13-5-3-8-18-13/h3,5,8,11-12H,2,4,6-7,9-10,15H2,1H3. The Hall–Kier alpha value is -1.29. The lowest BCUT2D eigenvalue weighted by Gasteiger charge is -2.26. The van der Waals surface area contributed by atoms with Crippen LogP contribution < -0.4 is 5.73 Å². The first-order chi connectivity index (χ1) is 8.76. The van der Waals surface area contributed by atoms with Gasteiger partial charge < -0.3 is 15.1 Å². The van der Waals surface area contributed by atoms with Crippen molar-refractivity contribution in [3.05, 3.63) is 24.2 Å². The molecule has 2 N–H and O–H groups in total. The predicted octanol–water partition coefficient (Wildman–Crippen LogP) is 2.15. The van der Waals surface area contributed by atoms with Crippen LogP contribution in [0, 0.1) is 5.92 Å². The SMILES string of the molecule is CCCC(CN)C(=O)N(Cc1ccco1)C1CC1. The van der Waals surface area contributed by atoms with E-state index < -0.39 is 0 Å². The summed E-state index contributed by atoms with van der Waals surface area (Å²) in [4.78, 5) is 14.4. The molecule has 1 aromatic rings. The van der Waals surface area contributed by atoms with Gasteiger partial charge in [-0.25, -0.2) is 0 Å². The number of amides is 1. The molecule has 0 aliphatic heterocycles. The fourth-order valence-electron chi connectivity index (χ4n) is 2.27. The van der Waals surface area contributed by atoms with Crippen LogP contribution in [0.1, 0.15) is 38.4 Å². The minimum Gasteiger partial charge on any atom is -0.467 e. The molecule has 1 aromatic heterocycles. The Morgan fingerprint density at radius 1 is 1.61 bits per heavy atom. The first kappa shape index (κ1) is 13.1. The lowest BCUT2D eigenvalue weighted by Crippen LogP contribution is -2.40. The van der Waals surface area contributed by atoms with Gasteiger partial charge in [0.2, 0.25) is 5.91 Å². The van der Waals surface area contributed by atoms with Crippen LogP contribution in [0.15, 0.2) is 22.8 Å². The summed E-state index contributed by atoms with van der Waals surface area (Å²) in [6.07, 6.45) is 5.73. The number of carbonyl (C=O) groups excluding carboxylic acids is 1. The van der Waals surface area contributed by atoms with Crippen LogP contribution in [0.5, 0.6) is 0 Å². The number of furan rings is 1. The summed E-state index contributed by atoms with van der Waals surface area (Å²) in [5.74, 6) is 1.01. The first-order valence-corrected chi connectivity index (χ1v) is 6.79. The van der Waals surface area contributed by atoms with Crippen LogP contribution in [0.2, 0.25) is 0 Å². The van der Waals surface area contributed by atoms with E-state index in [1.54, 1.807) is 6.26 Å². The molecule has 1 atom stereocenters. The topological polar surface area (TPSA) is 59.5 Å². The van der Waals surface area contributed by atoms with E-state index in [1.165, 1.54) is 0 Å². The van der Waals surface area contributed by atoms with Gasteiger partial charge in [0, 0.05) is 12.6 Å². The van der Waals surface area contributed by atoms with Gasteiger partial charge in [-0.15, -0.1) is 0 Å². The van der Waals surface area contributed by atoms with Crippen molar-refractivity contribution in [2.45, 2.75) is 45.2 Å². The molecular formula is C14H22N2O2. The molecule has 18 heavy (non-hydrogen) atoms. The van der Waals surface area contributed by atoms with Crippen LogP contribution in [-0.4, -0.2) is 23.4 Å². The number of hydrogen-bond donors (Lipinski definition) is 1. The van der Waals surface area contributed by atoms with Gasteiger partial charge in [0.05, 0.1) is 18.7 Å². The van der Waals surface area contributed by atoms with Gasteiger partial charge in [0.1, 0.15) is 5.76 Å². The second-order valence-corrected chi connectivity index (χ2v) is 5.00. The van der Waals surface area contributed by atoms with Gasteiger partial charge in [-0.1, -0.05) is 13.3 Å². The summed E-state index contributed by atoms with van der Waals surface area (Å²) in [5, 5.41) is 0. The van der Waals surface area contributed by atoms with Gasteiger partial charge in [0.25, 0.3) is 0 Å². The van der Waals surface area contributed by atoms with E-state index in [9.17, 15) is 4.79 Å². The third-order valence-electron chi connectivity index (χ3n) is 3.45. The van der Waals surface area contributed by atoms with Gasteiger partial charge in [-0.05, 0) is 31.4 Å². The lowest BCUT2D eigenvalue weighted by atomic mass is 10.0. The zero-order valence-corrected chi connectivity index (χ0v) is 11.0. The molecule has 2 rings (SSSR count). The number of nitrogens with two attached hydrogens (primary N) is 1. The number of hydrogen-bond acceptors (Lipinski definition) is 3. The maximum atomic E-state index is 12.5. The highest BCUT2D eigenvalue weighted by molar-refractivity contribution is 5.79. The molecule has 0 saturated heterocycles. The Kier molecular flexibility index (Phi) is 4.42. The fraction of sp³-hybridized carbons (Fsp3) is 0.643. The summed E-state index contributed by atoms with van der Waals surface area (Å²) in [6.45, 7) is 3.11. The molecule has 100 valence electrons. The molecule has 1 aliphatic carbocycles. The van der Waals surface area contributed by atoms with Crippen molar-refractivity contribution >= 4 is 5.91 Å². The molecule has 4 nitrogen and oxygen atoms in total. The van der Waals surface area contributed by atoms with Crippen LogP contribution in [0.3, 0.4) is 0 Å². The van der Waals surface area contributed by atoms with Crippen molar-refractivity contribution in [3.8, 4) is 0 Å². The van der Waals surface area contributed by atoms with Crippen molar-refractivity contribution in [2.75, 3.05) is 6.54 Å². The highest BCUT2D eigenvalue weighted by Gasteiger charge is 2.35. The molecular weight excluding hydrogens is 228 g/mol. The average molecular weight is 250 g/mol. The smallest absolute Gasteiger partial charge is 0.227 e. The normalized spacial score (nSPS) is 16.6. The van der Waals surface area contributed by atoms with Gasteiger partial charge in [-0.3, -0.25) is 4.79 Å². The number of rotatable bonds is 7. The highest BCUT2D eigenvalue weighted by Crippen LogP contribution is 2.30. The molecule has 1 unspecified atom stereocenters. The van der Waals surface area contributed by atoms with Crippen molar-refractivity contribution in [2.24, 2.45) is 11.7 Å². The molecule has 0 spiro atoms. The van der Waals surface area contributed by atoms with E-state index in [-0.39, 0.29) is 11.8 Å². The van der Waals surface area contributed by atoms with Crippen molar-refractivity contribution in [3.63, 3.8) is 0 Å². The van der Waals surface area contributed by atoms with Crippen molar-refractivity contribution in [1.82, 2.24) is 4.90 Å². The molecule has 0 bridgehead atoms. The summed E-state index contributed by atoms with van der Waals surface area (Å²) in [6, 6.07) is 4.17. The summed E-state index contributed by atoms with van der Waals surface area (Å²) >= 11 is 0. The highest BCUT2D eigenvalue weighted by atomic mass is 16.3. The Balaban J connectivity index is 2.02. The van der Waals surface area contributed by atoms with Crippen LogP contribution in [0.4, 0.5) is 0 Å². The monoisotopic (exact) mass is 250 g/mol. The molecule has 1 aliphatic rings. The maximum Gasteiger partial charge on any atom is 0.227 e. The quantitative estimate of drug-likeness (QED) is 0.806. The van der Waals surface area contributed by atoms with E-state index >= 15 is 0 Å². The summed E-state index contributed by atoms with van der Waals surface area (Å²) in [7, 11) is 0. The molecule has 1 amide bonds. The molecule has 1 fully saturated rings. The lowest BCUT2D eigenvalue weighted by molar-refractivity contribution is -0.137. The van der Waals surface area contributed by atoms with E-state index in [0.717, 1.165) is 31.4 Å². The molecule has 0 radical (unpaired) electrons. The average Bonchev–Trinajstić information content (AvgIpc) is 3.09. The molecule has 1 heterocycles. The minimum atomic E-state index is -0.0365. The summed E-state index contributed by atoms with van der Waals surface area (Å²) in [5.41, 5.74) is 5.72. The Morgan fingerprint density at radius 2 is 2.39 bits per heavy atom. The van der Waals surface area contributed by atoms with Crippen LogP contribution in [0.25, 0.3) is 0 Å². The Bertz CT molecular complexity index is 371. The van der Waals surface area contributed by atoms with Crippen molar-refractivity contribution in [1.29, 1.82) is 0 Å². The minimum absolute atomic E-state index is 0.0365. The van der Waals surface area contributed by atoms with E-state index in [1.807, 2.05) is 17.0 Å². The maximum absolute atomic E-state index is 12.5. The van der Waals surface area contributed by atoms with Gasteiger partial charge in [-0.2, -0.15) is 0 Å². The number of carbonyl (C=O) groups is 1. The van der Waals surface area contributed by atoms with Crippen LogP contribution in [-0.2, 0) is 11.3 Å². The molecule has 0 aromatic carbocycles. The second kappa shape index (κ2) is 6.05. The zero-order valence-electron chi connectivity index (χ0n) is 11.0. The largest absolute Gasteiger partial charge is 0.467 e. The first-order valence-electron chi connectivity index (χ1n) is 6.79.